The van der Waals surface area contributed by atoms with Crippen molar-refractivity contribution in [2.75, 3.05) is 0 Å². The van der Waals surface area contributed by atoms with E-state index in [4.69, 9.17) is 4.74 Å². The van der Waals surface area contributed by atoms with Gasteiger partial charge in [-0.3, -0.25) is 4.68 Å². The predicted molar refractivity (Wildman–Crippen MR) is 69.4 cm³/mol. The largest absolute Gasteiger partial charge is 0.486 e. The van der Waals surface area contributed by atoms with Crippen molar-refractivity contribution in [1.29, 1.82) is 0 Å². The summed E-state index contributed by atoms with van der Waals surface area (Å²) < 4.78 is 7.27. The van der Waals surface area contributed by atoms with Crippen LogP contribution in [0.1, 0.15) is 5.82 Å². The van der Waals surface area contributed by atoms with Gasteiger partial charge in [0.1, 0.15) is 18.7 Å². The van der Waals surface area contributed by atoms with Gasteiger partial charge >= 0.3 is 0 Å². The minimum atomic E-state index is 0.365. The summed E-state index contributed by atoms with van der Waals surface area (Å²) in [5, 5.41) is 4.15. The predicted octanol–water partition coefficient (Wildman–Crippen LogP) is 1.78. The lowest BCUT2D eigenvalue weighted by molar-refractivity contribution is 0.295. The molecule has 3 aromatic rings. The van der Waals surface area contributed by atoms with Gasteiger partial charge in [0, 0.05) is 7.05 Å². The molecule has 0 spiro atoms. The standard InChI is InChI=1S/C13H13N5O/c1-18-9-16-13(17-18)7-19-11-4-2-10(3-5-11)12-6-14-8-15-12/h2-6,8-9H,7H2,1H3,(H,14,15). The zero-order valence-corrected chi connectivity index (χ0v) is 10.4. The maximum absolute atomic E-state index is 5.61. The van der Waals surface area contributed by atoms with Crippen molar-refractivity contribution in [3.8, 4) is 17.0 Å². The fraction of sp³-hybridized carbons (Fsp3) is 0.154. The van der Waals surface area contributed by atoms with Crippen LogP contribution in [-0.4, -0.2) is 24.7 Å². The maximum Gasteiger partial charge on any atom is 0.188 e. The van der Waals surface area contributed by atoms with E-state index in [-0.39, 0.29) is 0 Å². The van der Waals surface area contributed by atoms with Gasteiger partial charge in [-0.25, -0.2) is 9.97 Å². The van der Waals surface area contributed by atoms with Crippen molar-refractivity contribution in [3.05, 3.63) is 48.9 Å². The summed E-state index contributed by atoms with van der Waals surface area (Å²) in [7, 11) is 1.83. The molecule has 0 radical (unpaired) electrons. The number of H-pyrrole nitrogens is 1. The Kier molecular flexibility index (Phi) is 2.97. The van der Waals surface area contributed by atoms with Crippen LogP contribution in [0.5, 0.6) is 5.75 Å². The highest BCUT2D eigenvalue weighted by Gasteiger charge is 2.02. The molecule has 0 fully saturated rings. The summed E-state index contributed by atoms with van der Waals surface area (Å²) in [6.45, 7) is 0.365. The molecule has 2 aromatic heterocycles. The van der Waals surface area contributed by atoms with Gasteiger partial charge in [0.2, 0.25) is 0 Å². The van der Waals surface area contributed by atoms with E-state index in [1.54, 1.807) is 23.5 Å². The Bertz CT molecular complexity index is 642. The van der Waals surface area contributed by atoms with Crippen LogP contribution in [0.15, 0.2) is 43.1 Å². The lowest BCUT2D eigenvalue weighted by atomic mass is 10.2. The molecule has 0 aliphatic rings. The van der Waals surface area contributed by atoms with Crippen molar-refractivity contribution >= 4 is 0 Å². The minimum Gasteiger partial charge on any atom is -0.486 e. The topological polar surface area (TPSA) is 68.6 Å². The quantitative estimate of drug-likeness (QED) is 0.771. The number of benzene rings is 1. The average molecular weight is 255 g/mol. The third kappa shape index (κ3) is 2.62. The van der Waals surface area contributed by atoms with Crippen LogP contribution in [0, 0.1) is 0 Å². The van der Waals surface area contributed by atoms with E-state index in [1.807, 2.05) is 31.3 Å². The molecule has 19 heavy (non-hydrogen) atoms. The molecular formula is C13H13N5O. The van der Waals surface area contributed by atoms with Crippen molar-refractivity contribution in [1.82, 2.24) is 24.7 Å². The van der Waals surface area contributed by atoms with Crippen LogP contribution in [-0.2, 0) is 13.7 Å². The summed E-state index contributed by atoms with van der Waals surface area (Å²) in [5.41, 5.74) is 2.05. The molecule has 0 amide bonds. The van der Waals surface area contributed by atoms with E-state index in [0.29, 0.717) is 12.4 Å². The van der Waals surface area contributed by atoms with Crippen LogP contribution in [0.25, 0.3) is 11.3 Å². The van der Waals surface area contributed by atoms with Gasteiger partial charge in [0.15, 0.2) is 5.82 Å². The van der Waals surface area contributed by atoms with Gasteiger partial charge in [-0.15, -0.1) is 0 Å². The molecule has 1 N–H and O–H groups in total. The smallest absolute Gasteiger partial charge is 0.188 e. The highest BCUT2D eigenvalue weighted by Crippen LogP contribution is 2.20. The molecule has 0 saturated heterocycles. The lowest BCUT2D eigenvalue weighted by Gasteiger charge is -2.04. The van der Waals surface area contributed by atoms with Gasteiger partial charge in [-0.1, -0.05) is 0 Å². The van der Waals surface area contributed by atoms with Crippen LogP contribution in [0.2, 0.25) is 0 Å². The Morgan fingerprint density at radius 2 is 2.11 bits per heavy atom. The highest BCUT2D eigenvalue weighted by atomic mass is 16.5. The molecule has 0 aliphatic carbocycles. The van der Waals surface area contributed by atoms with Gasteiger partial charge in [-0.05, 0) is 29.8 Å². The van der Waals surface area contributed by atoms with E-state index in [1.165, 1.54) is 0 Å². The second kappa shape index (κ2) is 4.93. The minimum absolute atomic E-state index is 0.365. The SMILES string of the molecule is Cn1cnc(COc2ccc(-c3cnc[nH]3)cc2)n1. The van der Waals surface area contributed by atoms with Gasteiger partial charge < -0.3 is 9.72 Å². The molecule has 6 heteroatoms. The summed E-state index contributed by atoms with van der Waals surface area (Å²) in [4.78, 5) is 11.2. The average Bonchev–Trinajstić information content (AvgIpc) is 3.08. The molecule has 0 aliphatic heterocycles. The first-order chi connectivity index (χ1) is 9.31. The number of nitrogens with zero attached hydrogens (tertiary/aromatic N) is 4. The van der Waals surface area contributed by atoms with Gasteiger partial charge in [0.25, 0.3) is 0 Å². The molecule has 96 valence electrons. The Morgan fingerprint density at radius 3 is 2.74 bits per heavy atom. The third-order valence-corrected chi connectivity index (χ3v) is 2.68. The first-order valence-corrected chi connectivity index (χ1v) is 5.87. The molecule has 0 saturated carbocycles. The first-order valence-electron chi connectivity index (χ1n) is 5.87. The van der Waals surface area contributed by atoms with Crippen molar-refractivity contribution in [2.45, 2.75) is 6.61 Å². The first kappa shape index (κ1) is 11.5. The van der Waals surface area contributed by atoms with E-state index in [2.05, 4.69) is 20.1 Å². The number of hydrogen-bond donors (Lipinski definition) is 1. The molecule has 6 nitrogen and oxygen atoms in total. The summed E-state index contributed by atoms with van der Waals surface area (Å²) in [5.74, 6) is 1.45. The Hall–Kier alpha value is -2.63. The monoisotopic (exact) mass is 255 g/mol. The number of aromatic amines is 1. The van der Waals surface area contributed by atoms with E-state index in [9.17, 15) is 0 Å². The molecule has 2 heterocycles. The van der Waals surface area contributed by atoms with E-state index < -0.39 is 0 Å². The summed E-state index contributed by atoms with van der Waals surface area (Å²) in [6.07, 6.45) is 5.10. The third-order valence-electron chi connectivity index (χ3n) is 2.68. The summed E-state index contributed by atoms with van der Waals surface area (Å²) in [6, 6.07) is 7.79. The Labute approximate surface area is 110 Å². The summed E-state index contributed by atoms with van der Waals surface area (Å²) >= 11 is 0. The fourth-order valence-corrected chi connectivity index (χ4v) is 1.74. The number of imidazole rings is 1. The molecule has 0 atom stereocenters. The van der Waals surface area contributed by atoms with E-state index in [0.717, 1.165) is 17.0 Å². The normalized spacial score (nSPS) is 10.6. The number of hydrogen-bond acceptors (Lipinski definition) is 4. The number of aryl methyl sites for hydroxylation is 1. The molecule has 1 aromatic carbocycles. The fourth-order valence-electron chi connectivity index (χ4n) is 1.74. The van der Waals surface area contributed by atoms with Crippen molar-refractivity contribution in [2.24, 2.45) is 7.05 Å². The zero-order chi connectivity index (χ0) is 13.1. The Morgan fingerprint density at radius 1 is 1.26 bits per heavy atom. The number of rotatable bonds is 4. The van der Waals surface area contributed by atoms with Gasteiger partial charge in [0.05, 0.1) is 18.2 Å². The highest BCUT2D eigenvalue weighted by molar-refractivity contribution is 5.58. The second-order valence-corrected chi connectivity index (χ2v) is 4.11. The lowest BCUT2D eigenvalue weighted by Crippen LogP contribution is -1.98. The van der Waals surface area contributed by atoms with Crippen molar-refractivity contribution < 1.29 is 4.74 Å². The number of nitrogens with one attached hydrogen (secondary N) is 1. The van der Waals surface area contributed by atoms with Crippen molar-refractivity contribution in [3.63, 3.8) is 0 Å². The van der Waals surface area contributed by atoms with Crippen LogP contribution >= 0.6 is 0 Å². The molecule has 0 bridgehead atoms. The van der Waals surface area contributed by atoms with E-state index >= 15 is 0 Å². The second-order valence-electron chi connectivity index (χ2n) is 4.11. The van der Waals surface area contributed by atoms with Gasteiger partial charge in [-0.2, -0.15) is 5.10 Å². The molecule has 3 rings (SSSR count). The zero-order valence-electron chi connectivity index (χ0n) is 10.4. The Balaban J connectivity index is 1.66. The molecular weight excluding hydrogens is 242 g/mol. The maximum atomic E-state index is 5.61. The van der Waals surface area contributed by atoms with Crippen LogP contribution in [0.4, 0.5) is 0 Å². The number of aromatic nitrogens is 5. The number of ether oxygens (including phenoxy) is 1. The molecule has 0 unspecified atom stereocenters. The van der Waals surface area contributed by atoms with Crippen LogP contribution < -0.4 is 4.74 Å². The van der Waals surface area contributed by atoms with Crippen LogP contribution in [0.3, 0.4) is 0 Å².